The molecule has 0 aromatic heterocycles. The molecular formula is C19H29NO2. The Balaban J connectivity index is 1.93. The van der Waals surface area contributed by atoms with E-state index < -0.39 is 11.0 Å². The highest BCUT2D eigenvalue weighted by molar-refractivity contribution is 5.76. The summed E-state index contributed by atoms with van der Waals surface area (Å²) in [7, 11) is 0. The highest BCUT2D eigenvalue weighted by Crippen LogP contribution is 2.61. The molecule has 122 valence electrons. The van der Waals surface area contributed by atoms with Crippen LogP contribution in [0, 0.1) is 35.7 Å². The summed E-state index contributed by atoms with van der Waals surface area (Å²) in [6.45, 7) is 15.5. The van der Waals surface area contributed by atoms with E-state index in [0.717, 1.165) is 43.9 Å². The van der Waals surface area contributed by atoms with Crippen molar-refractivity contribution in [3.8, 4) is 0 Å². The molecule has 4 bridgehead atoms. The fourth-order valence-corrected chi connectivity index (χ4v) is 5.40. The second kappa shape index (κ2) is 5.25. The van der Waals surface area contributed by atoms with Crippen LogP contribution in [0.5, 0.6) is 0 Å². The zero-order valence-corrected chi connectivity index (χ0v) is 14.4. The molecule has 0 amide bonds. The third kappa shape index (κ3) is 2.18. The third-order valence-electron chi connectivity index (χ3n) is 6.97. The predicted molar refractivity (Wildman–Crippen MR) is 86.0 cm³/mol. The minimum absolute atomic E-state index is 0.0991. The van der Waals surface area contributed by atoms with E-state index in [0.29, 0.717) is 11.8 Å². The average molecular weight is 303 g/mol. The first-order valence-corrected chi connectivity index (χ1v) is 8.93. The van der Waals surface area contributed by atoms with Gasteiger partial charge in [0, 0.05) is 18.8 Å². The third-order valence-corrected chi connectivity index (χ3v) is 6.97. The molecule has 0 saturated heterocycles. The van der Waals surface area contributed by atoms with E-state index in [-0.39, 0.29) is 12.0 Å². The molecule has 22 heavy (non-hydrogen) atoms. The first-order chi connectivity index (χ1) is 10.3. The minimum atomic E-state index is -0.515. The highest BCUT2D eigenvalue weighted by Gasteiger charge is 2.65. The quantitative estimate of drug-likeness (QED) is 0.567. The molecular weight excluding hydrogens is 274 g/mol. The van der Waals surface area contributed by atoms with E-state index in [1.54, 1.807) is 0 Å². The lowest BCUT2D eigenvalue weighted by molar-refractivity contribution is -0.219. The van der Waals surface area contributed by atoms with E-state index in [4.69, 9.17) is 11.3 Å². The van der Waals surface area contributed by atoms with Crippen molar-refractivity contribution in [3.63, 3.8) is 0 Å². The van der Waals surface area contributed by atoms with Crippen LogP contribution in [0.3, 0.4) is 0 Å². The number of hydrogen-bond donors (Lipinski definition) is 0. The van der Waals surface area contributed by atoms with Crippen molar-refractivity contribution >= 4 is 5.97 Å². The Morgan fingerprint density at radius 2 is 1.73 bits per heavy atom. The van der Waals surface area contributed by atoms with Crippen LogP contribution >= 0.6 is 0 Å². The summed E-state index contributed by atoms with van der Waals surface area (Å²) in [6, 6.07) is -0.223. The molecule has 1 atom stereocenters. The Labute approximate surface area is 134 Å². The zero-order chi connectivity index (χ0) is 16.1. The van der Waals surface area contributed by atoms with Crippen molar-refractivity contribution in [2.45, 2.75) is 77.9 Å². The number of hydrogen-bond acceptors (Lipinski definition) is 2. The topological polar surface area (TPSA) is 30.7 Å². The molecule has 4 aliphatic rings. The Morgan fingerprint density at radius 1 is 1.23 bits per heavy atom. The van der Waals surface area contributed by atoms with E-state index >= 15 is 0 Å². The molecule has 3 nitrogen and oxygen atoms in total. The summed E-state index contributed by atoms with van der Waals surface area (Å²) in [4.78, 5) is 16.6. The number of ether oxygens (including phenoxy) is 1. The van der Waals surface area contributed by atoms with Crippen LogP contribution in [0.1, 0.15) is 66.2 Å². The predicted octanol–water partition coefficient (Wildman–Crippen LogP) is 4.47. The van der Waals surface area contributed by atoms with E-state index in [9.17, 15) is 4.79 Å². The average Bonchev–Trinajstić information content (AvgIpc) is 2.49. The van der Waals surface area contributed by atoms with Gasteiger partial charge >= 0.3 is 5.97 Å². The lowest BCUT2D eigenvalue weighted by Gasteiger charge is -2.59. The van der Waals surface area contributed by atoms with Crippen LogP contribution < -0.4 is 0 Å². The van der Waals surface area contributed by atoms with Crippen LogP contribution in [0.4, 0.5) is 0 Å². The monoisotopic (exact) mass is 303 g/mol. The molecule has 0 heterocycles. The Hall–Kier alpha value is -1.04. The van der Waals surface area contributed by atoms with Gasteiger partial charge < -0.3 is 9.58 Å². The number of nitrogens with zero attached hydrogens (tertiary/aromatic N) is 1. The number of carbonyl (C=O) groups is 1. The summed E-state index contributed by atoms with van der Waals surface area (Å²) in [6.07, 6.45) is 6.78. The van der Waals surface area contributed by atoms with Crippen LogP contribution in [0.2, 0.25) is 0 Å². The van der Waals surface area contributed by atoms with Crippen molar-refractivity contribution in [3.05, 3.63) is 11.4 Å². The molecule has 3 heteroatoms. The summed E-state index contributed by atoms with van der Waals surface area (Å²) in [5, 5.41) is 0. The van der Waals surface area contributed by atoms with Gasteiger partial charge in [0.25, 0.3) is 6.04 Å². The van der Waals surface area contributed by atoms with Gasteiger partial charge in [-0.25, -0.2) is 6.57 Å². The van der Waals surface area contributed by atoms with Gasteiger partial charge in [0.05, 0.1) is 5.41 Å². The maximum Gasteiger partial charge on any atom is 0.312 e. The second-order valence-corrected chi connectivity index (χ2v) is 8.59. The molecule has 0 spiro atoms. The van der Waals surface area contributed by atoms with Gasteiger partial charge in [-0.2, -0.15) is 0 Å². The van der Waals surface area contributed by atoms with E-state index in [1.807, 2.05) is 27.7 Å². The molecule has 4 aliphatic carbocycles. The van der Waals surface area contributed by atoms with Gasteiger partial charge in [0.2, 0.25) is 0 Å². The fourth-order valence-electron chi connectivity index (χ4n) is 5.40. The van der Waals surface area contributed by atoms with Crippen LogP contribution in [-0.2, 0) is 9.53 Å². The van der Waals surface area contributed by atoms with Crippen LogP contribution in [-0.4, -0.2) is 17.6 Å². The summed E-state index contributed by atoms with van der Waals surface area (Å²) >= 11 is 0. The Morgan fingerprint density at radius 3 is 2.14 bits per heavy atom. The fraction of sp³-hybridized carbons (Fsp3) is 0.895. The zero-order valence-electron chi connectivity index (χ0n) is 14.4. The lowest BCUT2D eigenvalue weighted by atomic mass is 9.48. The Kier molecular flexibility index (Phi) is 3.78. The first-order valence-electron chi connectivity index (χ1n) is 8.93. The summed E-state index contributed by atoms with van der Waals surface area (Å²) < 4.78 is 6.27. The van der Waals surface area contributed by atoms with Crippen molar-refractivity contribution < 1.29 is 9.53 Å². The van der Waals surface area contributed by atoms with Gasteiger partial charge in [-0.3, -0.25) is 4.79 Å². The van der Waals surface area contributed by atoms with Gasteiger partial charge in [-0.1, -0.05) is 6.92 Å². The summed E-state index contributed by atoms with van der Waals surface area (Å²) in [5.41, 5.74) is -0.970. The first kappa shape index (κ1) is 15.8. The normalized spacial score (nSPS) is 41.0. The molecule has 1 unspecified atom stereocenters. The molecule has 0 aliphatic heterocycles. The van der Waals surface area contributed by atoms with E-state index in [1.165, 1.54) is 6.42 Å². The van der Waals surface area contributed by atoms with Gasteiger partial charge in [0.1, 0.15) is 0 Å². The molecule has 4 fully saturated rings. The Bertz CT molecular complexity index is 474. The lowest BCUT2D eigenvalue weighted by Crippen LogP contribution is -2.64. The van der Waals surface area contributed by atoms with Crippen molar-refractivity contribution in [2.75, 3.05) is 0 Å². The molecule has 0 N–H and O–H groups in total. The molecule has 0 aromatic carbocycles. The van der Waals surface area contributed by atoms with Crippen molar-refractivity contribution in [2.24, 2.45) is 29.1 Å². The van der Waals surface area contributed by atoms with Gasteiger partial charge in [-0.05, 0) is 64.2 Å². The highest BCUT2D eigenvalue weighted by atomic mass is 16.6. The maximum atomic E-state index is 12.8. The van der Waals surface area contributed by atoms with Crippen LogP contribution in [0.15, 0.2) is 0 Å². The standard InChI is InChI=1S/C19H29NO2/c1-6-18(3,4)17(21)22-19(12(2)20-5)15-8-13-7-14(10-15)11-16(19)9-13/h12-16H,6-11H2,1-4H3. The SMILES string of the molecule is [C-]#[N+]C(C)C1(OC(=O)C(C)(C)CC)C2CC3CC(C2)CC1C3. The molecule has 0 radical (unpaired) electrons. The largest absolute Gasteiger partial charge is 0.450 e. The molecule has 4 rings (SSSR count). The maximum absolute atomic E-state index is 12.8. The van der Waals surface area contributed by atoms with Crippen molar-refractivity contribution in [1.82, 2.24) is 0 Å². The summed E-state index contributed by atoms with van der Waals surface area (Å²) in [5.74, 6) is 2.34. The van der Waals surface area contributed by atoms with E-state index in [2.05, 4.69) is 4.85 Å². The molecule has 0 aromatic rings. The molecule has 4 saturated carbocycles. The van der Waals surface area contributed by atoms with Crippen LogP contribution in [0.25, 0.3) is 4.85 Å². The van der Waals surface area contributed by atoms with Crippen molar-refractivity contribution in [1.29, 1.82) is 0 Å². The number of esters is 1. The van der Waals surface area contributed by atoms with Gasteiger partial charge in [0.15, 0.2) is 5.60 Å². The van der Waals surface area contributed by atoms with Gasteiger partial charge in [-0.15, -0.1) is 0 Å². The minimum Gasteiger partial charge on any atom is -0.450 e. The number of carbonyl (C=O) groups excluding carboxylic acids is 1. The second-order valence-electron chi connectivity index (χ2n) is 8.59. The smallest absolute Gasteiger partial charge is 0.312 e. The number of rotatable bonds is 4.